The van der Waals surface area contributed by atoms with Crippen LogP contribution >= 0.6 is 0 Å². The van der Waals surface area contributed by atoms with E-state index in [1.165, 1.54) is 12.1 Å². The molecule has 0 saturated carbocycles. The lowest BCUT2D eigenvalue weighted by atomic mass is 9.93. The largest absolute Gasteiger partial charge is 0.489 e. The highest BCUT2D eigenvalue weighted by molar-refractivity contribution is 5.94. The van der Waals surface area contributed by atoms with Crippen LogP contribution in [0.5, 0.6) is 5.75 Å². The molecular formula is C28H31FN2O2. The normalized spacial score (nSPS) is 14.7. The molecule has 4 nitrogen and oxygen atoms in total. The van der Waals surface area contributed by atoms with Gasteiger partial charge in [0, 0.05) is 18.7 Å². The minimum absolute atomic E-state index is 0.0432. The van der Waals surface area contributed by atoms with Crippen molar-refractivity contribution in [2.75, 3.05) is 19.6 Å². The SMILES string of the molecule is O=C(NCCC1CCN(Cc2ccc(F)cc2)CC1)c1ccc(OCc2ccccc2)cc1. The number of nitrogens with zero attached hydrogens (tertiary/aromatic N) is 1. The highest BCUT2D eigenvalue weighted by Gasteiger charge is 2.19. The van der Waals surface area contributed by atoms with Crippen molar-refractivity contribution in [2.24, 2.45) is 5.92 Å². The summed E-state index contributed by atoms with van der Waals surface area (Å²) in [6, 6.07) is 24.1. The number of likely N-dealkylation sites (tertiary alicyclic amines) is 1. The van der Waals surface area contributed by atoms with Gasteiger partial charge in [0.25, 0.3) is 5.91 Å². The topological polar surface area (TPSA) is 41.6 Å². The smallest absolute Gasteiger partial charge is 0.251 e. The van der Waals surface area contributed by atoms with E-state index in [1.54, 1.807) is 0 Å². The number of benzene rings is 3. The summed E-state index contributed by atoms with van der Waals surface area (Å²) in [6.07, 6.45) is 3.25. The second kappa shape index (κ2) is 11.6. The average molecular weight is 447 g/mol. The maximum absolute atomic E-state index is 13.1. The zero-order valence-corrected chi connectivity index (χ0v) is 18.9. The fourth-order valence-electron chi connectivity index (χ4n) is 4.22. The number of ether oxygens (including phenoxy) is 1. The Labute approximate surface area is 195 Å². The number of carbonyl (C=O) groups is 1. The number of nitrogens with one attached hydrogen (secondary N) is 1. The van der Waals surface area contributed by atoms with Gasteiger partial charge in [-0.3, -0.25) is 9.69 Å². The first-order valence-electron chi connectivity index (χ1n) is 11.7. The average Bonchev–Trinajstić information content (AvgIpc) is 2.86. The molecule has 1 heterocycles. The van der Waals surface area contributed by atoms with Gasteiger partial charge in [0.2, 0.25) is 0 Å². The summed E-state index contributed by atoms with van der Waals surface area (Å²) in [6.45, 7) is 4.15. The molecule has 0 unspecified atom stereocenters. The van der Waals surface area contributed by atoms with E-state index >= 15 is 0 Å². The molecular weight excluding hydrogens is 415 g/mol. The molecule has 0 spiro atoms. The number of halogens is 1. The number of hydrogen-bond donors (Lipinski definition) is 1. The van der Waals surface area contributed by atoms with Gasteiger partial charge in [-0.2, -0.15) is 0 Å². The van der Waals surface area contributed by atoms with Crippen molar-refractivity contribution < 1.29 is 13.9 Å². The number of piperidine rings is 1. The van der Waals surface area contributed by atoms with Crippen LogP contribution in [0.4, 0.5) is 4.39 Å². The molecule has 0 atom stereocenters. The van der Waals surface area contributed by atoms with Gasteiger partial charge in [-0.05, 0) is 85.8 Å². The van der Waals surface area contributed by atoms with Gasteiger partial charge < -0.3 is 10.1 Å². The Hall–Kier alpha value is -3.18. The molecule has 1 fully saturated rings. The fraction of sp³-hybridized carbons (Fsp3) is 0.321. The van der Waals surface area contributed by atoms with Crippen molar-refractivity contribution in [2.45, 2.75) is 32.4 Å². The fourth-order valence-corrected chi connectivity index (χ4v) is 4.22. The van der Waals surface area contributed by atoms with Gasteiger partial charge in [-0.1, -0.05) is 42.5 Å². The zero-order valence-electron chi connectivity index (χ0n) is 18.9. The van der Waals surface area contributed by atoms with E-state index in [1.807, 2.05) is 66.7 Å². The third-order valence-electron chi connectivity index (χ3n) is 6.23. The maximum atomic E-state index is 13.1. The molecule has 3 aromatic carbocycles. The summed E-state index contributed by atoms with van der Waals surface area (Å²) in [7, 11) is 0. The molecule has 1 N–H and O–H groups in total. The van der Waals surface area contributed by atoms with E-state index in [0.29, 0.717) is 24.6 Å². The second-order valence-electron chi connectivity index (χ2n) is 8.69. The quantitative estimate of drug-likeness (QED) is 0.476. The standard InChI is InChI=1S/C28H31FN2O2/c29-26-10-6-23(7-11-26)20-31-18-15-22(16-19-31)14-17-30-28(32)25-8-12-27(13-9-25)33-21-24-4-2-1-3-5-24/h1-13,22H,14-21H2,(H,30,32). The summed E-state index contributed by atoms with van der Waals surface area (Å²) < 4.78 is 18.8. The summed E-state index contributed by atoms with van der Waals surface area (Å²) in [5.41, 5.74) is 2.91. The summed E-state index contributed by atoms with van der Waals surface area (Å²) in [5.74, 6) is 1.15. The number of amides is 1. The first-order valence-corrected chi connectivity index (χ1v) is 11.7. The van der Waals surface area contributed by atoms with Crippen molar-refractivity contribution >= 4 is 5.91 Å². The van der Waals surface area contributed by atoms with E-state index in [9.17, 15) is 9.18 Å². The molecule has 0 aromatic heterocycles. The van der Waals surface area contributed by atoms with Crippen LogP contribution in [0.25, 0.3) is 0 Å². The van der Waals surface area contributed by atoms with E-state index in [4.69, 9.17) is 4.74 Å². The van der Waals surface area contributed by atoms with Crippen LogP contribution in [0.15, 0.2) is 78.9 Å². The Morgan fingerprint density at radius 1 is 0.909 bits per heavy atom. The van der Waals surface area contributed by atoms with E-state index in [0.717, 1.165) is 55.8 Å². The molecule has 1 saturated heterocycles. The highest BCUT2D eigenvalue weighted by atomic mass is 19.1. The molecule has 1 aliphatic heterocycles. The van der Waals surface area contributed by atoms with Gasteiger partial charge >= 0.3 is 0 Å². The van der Waals surface area contributed by atoms with E-state index in [-0.39, 0.29) is 11.7 Å². The molecule has 172 valence electrons. The Kier molecular flexibility index (Phi) is 8.09. The lowest BCUT2D eigenvalue weighted by Crippen LogP contribution is -2.34. The predicted molar refractivity (Wildman–Crippen MR) is 129 cm³/mol. The summed E-state index contributed by atoms with van der Waals surface area (Å²) in [4.78, 5) is 14.9. The lowest BCUT2D eigenvalue weighted by molar-refractivity contribution is 0.0947. The Bertz CT molecular complexity index is 998. The number of hydrogen-bond acceptors (Lipinski definition) is 3. The van der Waals surface area contributed by atoms with Gasteiger partial charge in [-0.25, -0.2) is 4.39 Å². The first kappa shape index (κ1) is 23.0. The van der Waals surface area contributed by atoms with Crippen LogP contribution in [-0.2, 0) is 13.2 Å². The van der Waals surface area contributed by atoms with Crippen molar-refractivity contribution in [3.05, 3.63) is 101 Å². The van der Waals surface area contributed by atoms with Crippen LogP contribution < -0.4 is 10.1 Å². The monoisotopic (exact) mass is 446 g/mol. The molecule has 3 aromatic rings. The van der Waals surface area contributed by atoms with Crippen molar-refractivity contribution in [1.82, 2.24) is 10.2 Å². The predicted octanol–water partition coefficient (Wildman–Crippen LogP) is 5.44. The second-order valence-corrected chi connectivity index (χ2v) is 8.69. The molecule has 1 amide bonds. The zero-order chi connectivity index (χ0) is 22.9. The molecule has 0 radical (unpaired) electrons. The van der Waals surface area contributed by atoms with Crippen molar-refractivity contribution in [3.63, 3.8) is 0 Å². The third kappa shape index (κ3) is 7.16. The molecule has 0 aliphatic carbocycles. The minimum Gasteiger partial charge on any atom is -0.489 e. The van der Waals surface area contributed by atoms with Crippen molar-refractivity contribution in [3.8, 4) is 5.75 Å². The first-order chi connectivity index (χ1) is 16.2. The molecule has 5 heteroatoms. The van der Waals surface area contributed by atoms with Gasteiger partial charge in [0.15, 0.2) is 0 Å². The van der Waals surface area contributed by atoms with Gasteiger partial charge in [0.05, 0.1) is 0 Å². The number of carbonyl (C=O) groups excluding carboxylic acids is 1. The maximum Gasteiger partial charge on any atom is 0.251 e. The van der Waals surface area contributed by atoms with Crippen LogP contribution in [0, 0.1) is 11.7 Å². The summed E-state index contributed by atoms with van der Waals surface area (Å²) in [5, 5.41) is 3.05. The van der Waals surface area contributed by atoms with Crippen LogP contribution in [0.2, 0.25) is 0 Å². The third-order valence-corrected chi connectivity index (χ3v) is 6.23. The molecule has 4 rings (SSSR count). The molecule has 1 aliphatic rings. The minimum atomic E-state index is -0.188. The highest BCUT2D eigenvalue weighted by Crippen LogP contribution is 2.22. The van der Waals surface area contributed by atoms with E-state index in [2.05, 4.69) is 10.2 Å². The Morgan fingerprint density at radius 2 is 1.61 bits per heavy atom. The molecule has 33 heavy (non-hydrogen) atoms. The Morgan fingerprint density at radius 3 is 2.30 bits per heavy atom. The van der Waals surface area contributed by atoms with Crippen LogP contribution in [-0.4, -0.2) is 30.4 Å². The van der Waals surface area contributed by atoms with E-state index < -0.39 is 0 Å². The van der Waals surface area contributed by atoms with Gasteiger partial charge in [-0.15, -0.1) is 0 Å². The summed E-state index contributed by atoms with van der Waals surface area (Å²) >= 11 is 0. The van der Waals surface area contributed by atoms with Crippen LogP contribution in [0.3, 0.4) is 0 Å². The van der Waals surface area contributed by atoms with Crippen LogP contribution in [0.1, 0.15) is 40.7 Å². The molecule has 0 bridgehead atoms. The lowest BCUT2D eigenvalue weighted by Gasteiger charge is -2.32. The van der Waals surface area contributed by atoms with Crippen molar-refractivity contribution in [1.29, 1.82) is 0 Å². The Balaban J connectivity index is 1.13. The number of rotatable bonds is 9. The van der Waals surface area contributed by atoms with Gasteiger partial charge in [0.1, 0.15) is 18.2 Å².